The Morgan fingerprint density at radius 1 is 0.760 bits per heavy atom. The fourth-order valence-electron chi connectivity index (χ4n) is 3.26. The SMILES string of the molecule is CN(N=Cc1c2ccccc2[n+](C)c2ccccc12)c1ccccc1. The molecule has 3 heteroatoms. The normalized spacial score (nSPS) is 11.4. The quantitative estimate of drug-likeness (QED) is 0.238. The molecule has 4 aromatic rings. The van der Waals surface area contributed by atoms with Crippen LogP contribution in [-0.2, 0) is 7.05 Å². The van der Waals surface area contributed by atoms with Crippen molar-refractivity contribution in [2.45, 2.75) is 0 Å². The van der Waals surface area contributed by atoms with E-state index in [1.807, 2.05) is 36.5 Å². The highest BCUT2D eigenvalue weighted by molar-refractivity contribution is 6.08. The van der Waals surface area contributed by atoms with E-state index in [1.165, 1.54) is 21.8 Å². The number of fused-ring (bicyclic) bond motifs is 2. The molecule has 0 atom stereocenters. The van der Waals surface area contributed by atoms with E-state index < -0.39 is 0 Å². The Morgan fingerprint density at radius 2 is 1.28 bits per heavy atom. The molecule has 0 radical (unpaired) electrons. The Balaban J connectivity index is 1.91. The molecule has 0 unspecified atom stereocenters. The average molecular weight is 326 g/mol. The van der Waals surface area contributed by atoms with Gasteiger partial charge in [-0.3, -0.25) is 5.01 Å². The maximum absolute atomic E-state index is 4.69. The summed E-state index contributed by atoms with van der Waals surface area (Å²) in [5, 5.41) is 9.00. The molecule has 1 heterocycles. The smallest absolute Gasteiger partial charge is 0.213 e. The Kier molecular flexibility index (Phi) is 3.90. The number of pyridine rings is 1. The summed E-state index contributed by atoms with van der Waals surface area (Å²) in [5.74, 6) is 0. The van der Waals surface area contributed by atoms with Crippen molar-refractivity contribution >= 4 is 33.7 Å². The van der Waals surface area contributed by atoms with Crippen molar-refractivity contribution in [3.05, 3.63) is 84.4 Å². The highest BCUT2D eigenvalue weighted by atomic mass is 15.4. The van der Waals surface area contributed by atoms with Crippen molar-refractivity contribution in [3.63, 3.8) is 0 Å². The second kappa shape index (κ2) is 6.36. The first-order valence-electron chi connectivity index (χ1n) is 8.38. The molecule has 3 aromatic carbocycles. The molecule has 0 aliphatic rings. The number of para-hydroxylation sites is 3. The maximum Gasteiger partial charge on any atom is 0.213 e. The molecule has 0 fully saturated rings. The summed E-state index contributed by atoms with van der Waals surface area (Å²) in [5.41, 5.74) is 4.61. The van der Waals surface area contributed by atoms with Gasteiger partial charge in [-0.05, 0) is 24.3 Å². The average Bonchev–Trinajstić information content (AvgIpc) is 2.68. The summed E-state index contributed by atoms with van der Waals surface area (Å²) < 4.78 is 2.24. The Bertz CT molecular complexity index is 1010. The van der Waals surface area contributed by atoms with Gasteiger partial charge >= 0.3 is 0 Å². The van der Waals surface area contributed by atoms with Crippen molar-refractivity contribution in [1.29, 1.82) is 0 Å². The molecule has 0 bridgehead atoms. The molecule has 0 saturated carbocycles. The molecular formula is C22H20N3+. The molecule has 0 aliphatic heterocycles. The lowest BCUT2D eigenvalue weighted by Gasteiger charge is -2.13. The number of hydrazone groups is 1. The predicted molar refractivity (Wildman–Crippen MR) is 105 cm³/mol. The zero-order valence-electron chi connectivity index (χ0n) is 14.4. The van der Waals surface area contributed by atoms with Crippen molar-refractivity contribution in [2.24, 2.45) is 12.1 Å². The Morgan fingerprint density at radius 3 is 1.88 bits per heavy atom. The summed E-state index contributed by atoms with van der Waals surface area (Å²) in [6, 6.07) is 27.1. The van der Waals surface area contributed by atoms with Crippen LogP contribution in [0.1, 0.15) is 5.56 Å². The third-order valence-corrected chi connectivity index (χ3v) is 4.60. The topological polar surface area (TPSA) is 19.5 Å². The van der Waals surface area contributed by atoms with Crippen LogP contribution < -0.4 is 9.58 Å². The molecule has 0 N–H and O–H groups in total. The highest BCUT2D eigenvalue weighted by Crippen LogP contribution is 2.23. The second-order valence-corrected chi connectivity index (χ2v) is 6.11. The molecular weight excluding hydrogens is 306 g/mol. The minimum Gasteiger partial charge on any atom is -0.269 e. The van der Waals surface area contributed by atoms with Gasteiger partial charge in [-0.15, -0.1) is 0 Å². The third-order valence-electron chi connectivity index (χ3n) is 4.60. The number of aromatic nitrogens is 1. The Hall–Kier alpha value is -3.20. The monoisotopic (exact) mass is 326 g/mol. The summed E-state index contributed by atoms with van der Waals surface area (Å²) in [6.07, 6.45) is 1.97. The fraction of sp³-hybridized carbons (Fsp3) is 0.0909. The van der Waals surface area contributed by atoms with Gasteiger partial charge in [0.25, 0.3) is 0 Å². The van der Waals surface area contributed by atoms with Crippen LogP contribution in [0.2, 0.25) is 0 Å². The van der Waals surface area contributed by atoms with Crippen molar-refractivity contribution in [1.82, 2.24) is 0 Å². The lowest BCUT2D eigenvalue weighted by molar-refractivity contribution is -0.617. The van der Waals surface area contributed by atoms with E-state index in [4.69, 9.17) is 5.10 Å². The zero-order chi connectivity index (χ0) is 17.2. The number of nitrogens with zero attached hydrogens (tertiary/aromatic N) is 3. The largest absolute Gasteiger partial charge is 0.269 e. The van der Waals surface area contributed by atoms with E-state index in [9.17, 15) is 0 Å². The molecule has 4 rings (SSSR count). The Labute approximate surface area is 147 Å². The van der Waals surface area contributed by atoms with Crippen molar-refractivity contribution < 1.29 is 4.57 Å². The van der Waals surface area contributed by atoms with Gasteiger partial charge in [0.1, 0.15) is 7.05 Å². The van der Waals surface area contributed by atoms with Crippen LogP contribution in [0.15, 0.2) is 84.0 Å². The third kappa shape index (κ3) is 2.74. The van der Waals surface area contributed by atoms with Gasteiger partial charge in [-0.2, -0.15) is 9.67 Å². The number of hydrogen-bond donors (Lipinski definition) is 0. The van der Waals surface area contributed by atoms with Crippen LogP contribution in [-0.4, -0.2) is 13.3 Å². The second-order valence-electron chi connectivity index (χ2n) is 6.11. The first-order chi connectivity index (χ1) is 12.3. The number of rotatable bonds is 3. The minimum absolute atomic E-state index is 1.06. The molecule has 1 aromatic heterocycles. The van der Waals surface area contributed by atoms with E-state index in [2.05, 4.69) is 72.3 Å². The van der Waals surface area contributed by atoms with E-state index in [0.29, 0.717) is 0 Å². The standard InChI is InChI=1S/C22H20N3/c1-24-21-14-8-6-12-18(21)20(19-13-7-9-15-22(19)24)16-23-25(2)17-10-4-3-5-11-17/h3-16H,1-2H3/q+1. The molecule has 25 heavy (non-hydrogen) atoms. The van der Waals surface area contributed by atoms with Crippen LogP contribution in [0.5, 0.6) is 0 Å². The van der Waals surface area contributed by atoms with Crippen LogP contribution in [0.25, 0.3) is 21.8 Å². The van der Waals surface area contributed by atoms with Gasteiger partial charge in [-0.1, -0.05) is 42.5 Å². The van der Waals surface area contributed by atoms with E-state index in [1.54, 1.807) is 0 Å². The summed E-state index contributed by atoms with van der Waals surface area (Å²) in [7, 11) is 4.08. The van der Waals surface area contributed by atoms with Crippen molar-refractivity contribution in [3.8, 4) is 0 Å². The van der Waals surface area contributed by atoms with E-state index in [0.717, 1.165) is 11.3 Å². The zero-order valence-corrected chi connectivity index (χ0v) is 14.4. The van der Waals surface area contributed by atoms with E-state index >= 15 is 0 Å². The number of aryl methyl sites for hydroxylation is 1. The number of hydrogen-bond acceptors (Lipinski definition) is 2. The van der Waals surface area contributed by atoms with Gasteiger partial charge < -0.3 is 0 Å². The summed E-state index contributed by atoms with van der Waals surface area (Å²) in [6.45, 7) is 0. The minimum atomic E-state index is 1.06. The number of anilines is 1. The summed E-state index contributed by atoms with van der Waals surface area (Å²) >= 11 is 0. The predicted octanol–water partition coefficient (Wildman–Crippen LogP) is 4.29. The van der Waals surface area contributed by atoms with Gasteiger partial charge in [0.15, 0.2) is 0 Å². The maximum atomic E-state index is 4.69. The van der Waals surface area contributed by atoms with Gasteiger partial charge in [-0.25, -0.2) is 0 Å². The van der Waals surface area contributed by atoms with Crippen LogP contribution in [0.4, 0.5) is 5.69 Å². The first-order valence-corrected chi connectivity index (χ1v) is 8.38. The van der Waals surface area contributed by atoms with Gasteiger partial charge in [0.05, 0.1) is 22.7 Å². The number of benzene rings is 3. The van der Waals surface area contributed by atoms with Gasteiger partial charge in [0.2, 0.25) is 11.0 Å². The van der Waals surface area contributed by atoms with Crippen LogP contribution in [0.3, 0.4) is 0 Å². The van der Waals surface area contributed by atoms with Crippen molar-refractivity contribution in [2.75, 3.05) is 12.1 Å². The molecule has 0 amide bonds. The highest BCUT2D eigenvalue weighted by Gasteiger charge is 2.15. The lowest BCUT2D eigenvalue weighted by Crippen LogP contribution is -2.30. The molecule has 3 nitrogen and oxygen atoms in total. The van der Waals surface area contributed by atoms with Crippen LogP contribution in [0, 0.1) is 0 Å². The summed E-state index contributed by atoms with van der Waals surface area (Å²) in [4.78, 5) is 0. The fourth-order valence-corrected chi connectivity index (χ4v) is 3.26. The lowest BCUT2D eigenvalue weighted by atomic mass is 10.0. The molecule has 0 saturated heterocycles. The molecule has 0 aliphatic carbocycles. The van der Waals surface area contributed by atoms with Crippen LogP contribution >= 0.6 is 0 Å². The molecule has 122 valence electrons. The first kappa shape index (κ1) is 15.3. The van der Waals surface area contributed by atoms with Gasteiger partial charge in [0, 0.05) is 24.7 Å². The molecule has 0 spiro atoms. The van der Waals surface area contributed by atoms with E-state index in [-0.39, 0.29) is 0 Å².